The summed E-state index contributed by atoms with van der Waals surface area (Å²) in [6.07, 6.45) is 4.76. The van der Waals surface area contributed by atoms with E-state index in [4.69, 9.17) is 4.74 Å². The van der Waals surface area contributed by atoms with Gasteiger partial charge in [-0.15, -0.1) is 0 Å². The molecule has 2 N–H and O–H groups in total. The average Bonchev–Trinajstić information content (AvgIpc) is 3.24. The zero-order valence-corrected chi connectivity index (χ0v) is 12.5. The Bertz CT molecular complexity index is 317. The van der Waals surface area contributed by atoms with E-state index in [0.29, 0.717) is 18.1 Å². The highest BCUT2D eigenvalue weighted by atomic mass is 16.5. The van der Waals surface area contributed by atoms with Crippen LogP contribution in [0.4, 0.5) is 0 Å². The molecule has 4 nitrogen and oxygen atoms in total. The lowest BCUT2D eigenvalue weighted by atomic mass is 9.61. The van der Waals surface area contributed by atoms with Gasteiger partial charge in [-0.05, 0) is 32.6 Å². The molecule has 2 fully saturated rings. The Morgan fingerprint density at radius 1 is 1.32 bits per heavy atom. The Labute approximate surface area is 116 Å². The fourth-order valence-corrected chi connectivity index (χ4v) is 2.99. The molecule has 0 aliphatic heterocycles. The molecule has 0 aromatic heterocycles. The van der Waals surface area contributed by atoms with Gasteiger partial charge in [0.1, 0.15) is 0 Å². The van der Waals surface area contributed by atoms with Gasteiger partial charge in [-0.25, -0.2) is 0 Å². The van der Waals surface area contributed by atoms with Crippen LogP contribution < -0.4 is 10.6 Å². The fourth-order valence-electron chi connectivity index (χ4n) is 2.99. The van der Waals surface area contributed by atoms with Crippen molar-refractivity contribution in [3.63, 3.8) is 0 Å². The van der Waals surface area contributed by atoms with Crippen molar-refractivity contribution in [3.05, 3.63) is 0 Å². The van der Waals surface area contributed by atoms with Crippen LogP contribution in [-0.4, -0.2) is 37.7 Å². The van der Waals surface area contributed by atoms with Gasteiger partial charge in [-0.1, -0.05) is 13.8 Å². The smallest absolute Gasteiger partial charge is 0.223 e. The van der Waals surface area contributed by atoms with Crippen molar-refractivity contribution >= 4 is 5.91 Å². The quantitative estimate of drug-likeness (QED) is 0.659. The Morgan fingerprint density at radius 3 is 2.63 bits per heavy atom. The minimum Gasteiger partial charge on any atom is -0.378 e. The van der Waals surface area contributed by atoms with E-state index < -0.39 is 0 Å². The molecule has 0 heterocycles. The first kappa shape index (κ1) is 14.8. The number of nitrogens with one attached hydrogen (secondary N) is 2. The van der Waals surface area contributed by atoms with E-state index in [1.54, 1.807) is 0 Å². The summed E-state index contributed by atoms with van der Waals surface area (Å²) in [7, 11) is 0. The zero-order chi connectivity index (χ0) is 13.9. The van der Waals surface area contributed by atoms with E-state index >= 15 is 0 Å². The standard InChI is InChI=1S/C15H28N2O2/c1-4-15(3)12(10-13(15)19-5-2)16-8-9-17-14(18)11-6-7-11/h11-13,16H,4-10H2,1-3H3,(H,17,18). The molecular weight excluding hydrogens is 240 g/mol. The number of amides is 1. The van der Waals surface area contributed by atoms with Gasteiger partial charge in [-0.3, -0.25) is 4.79 Å². The second-order valence-electron chi connectivity index (χ2n) is 6.11. The molecule has 0 radical (unpaired) electrons. The Balaban J connectivity index is 1.64. The lowest BCUT2D eigenvalue weighted by Gasteiger charge is -2.53. The van der Waals surface area contributed by atoms with Crippen molar-refractivity contribution < 1.29 is 9.53 Å². The number of ether oxygens (including phenoxy) is 1. The highest BCUT2D eigenvalue weighted by molar-refractivity contribution is 5.80. The van der Waals surface area contributed by atoms with Crippen molar-refractivity contribution in [3.8, 4) is 0 Å². The van der Waals surface area contributed by atoms with Gasteiger partial charge in [0, 0.05) is 37.1 Å². The molecule has 3 atom stereocenters. The molecule has 0 saturated heterocycles. The van der Waals surface area contributed by atoms with Crippen LogP contribution in [0.3, 0.4) is 0 Å². The summed E-state index contributed by atoms with van der Waals surface area (Å²) in [6.45, 7) is 8.99. The molecular formula is C15H28N2O2. The summed E-state index contributed by atoms with van der Waals surface area (Å²) in [5, 5.41) is 6.57. The second kappa shape index (κ2) is 6.23. The molecule has 0 aromatic carbocycles. The molecule has 1 amide bonds. The Kier molecular flexibility index (Phi) is 4.85. The third-order valence-electron chi connectivity index (χ3n) is 4.87. The van der Waals surface area contributed by atoms with Crippen LogP contribution in [0.25, 0.3) is 0 Å². The molecule has 4 heteroatoms. The third-order valence-corrected chi connectivity index (χ3v) is 4.87. The lowest BCUT2D eigenvalue weighted by Crippen LogP contribution is -2.62. The fraction of sp³-hybridized carbons (Fsp3) is 0.933. The van der Waals surface area contributed by atoms with Crippen molar-refractivity contribution in [2.75, 3.05) is 19.7 Å². The SMILES string of the molecule is CCOC1CC(NCCNC(=O)C2CC2)C1(C)CC. The van der Waals surface area contributed by atoms with Gasteiger partial charge < -0.3 is 15.4 Å². The highest BCUT2D eigenvalue weighted by Gasteiger charge is 2.50. The van der Waals surface area contributed by atoms with Crippen molar-refractivity contribution in [2.45, 2.75) is 58.6 Å². The predicted molar refractivity (Wildman–Crippen MR) is 76.0 cm³/mol. The molecule has 0 bridgehead atoms. The van der Waals surface area contributed by atoms with E-state index in [1.807, 2.05) is 0 Å². The first-order valence-electron chi connectivity index (χ1n) is 7.74. The molecule has 110 valence electrons. The van der Waals surface area contributed by atoms with Crippen LogP contribution >= 0.6 is 0 Å². The van der Waals surface area contributed by atoms with Gasteiger partial charge in [0.05, 0.1) is 6.10 Å². The normalized spacial score (nSPS) is 33.8. The predicted octanol–water partition coefficient (Wildman–Crippen LogP) is 1.70. The molecule has 3 unspecified atom stereocenters. The number of carbonyl (C=O) groups is 1. The maximum absolute atomic E-state index is 11.5. The molecule has 2 aliphatic carbocycles. The Morgan fingerprint density at radius 2 is 2.05 bits per heavy atom. The molecule has 0 spiro atoms. The summed E-state index contributed by atoms with van der Waals surface area (Å²) < 4.78 is 5.79. The van der Waals surface area contributed by atoms with Gasteiger partial charge in [-0.2, -0.15) is 0 Å². The monoisotopic (exact) mass is 268 g/mol. The van der Waals surface area contributed by atoms with E-state index in [1.165, 1.54) is 0 Å². The van der Waals surface area contributed by atoms with E-state index in [9.17, 15) is 4.79 Å². The van der Waals surface area contributed by atoms with Crippen molar-refractivity contribution in [1.29, 1.82) is 0 Å². The molecule has 2 rings (SSSR count). The molecule has 19 heavy (non-hydrogen) atoms. The zero-order valence-electron chi connectivity index (χ0n) is 12.5. The topological polar surface area (TPSA) is 50.4 Å². The number of rotatable bonds is 8. The van der Waals surface area contributed by atoms with Crippen LogP contribution in [0.1, 0.15) is 46.5 Å². The molecule has 2 saturated carbocycles. The maximum Gasteiger partial charge on any atom is 0.223 e. The molecule has 0 aromatic rings. The summed E-state index contributed by atoms with van der Waals surface area (Å²) in [6, 6.07) is 0.520. The van der Waals surface area contributed by atoms with Crippen LogP contribution in [-0.2, 0) is 9.53 Å². The van der Waals surface area contributed by atoms with Gasteiger partial charge in [0.15, 0.2) is 0 Å². The van der Waals surface area contributed by atoms with E-state index in [0.717, 1.165) is 45.4 Å². The van der Waals surface area contributed by atoms with Crippen LogP contribution in [0.5, 0.6) is 0 Å². The molecule has 2 aliphatic rings. The van der Waals surface area contributed by atoms with Crippen LogP contribution in [0.2, 0.25) is 0 Å². The number of hydrogen-bond donors (Lipinski definition) is 2. The lowest BCUT2D eigenvalue weighted by molar-refractivity contribution is -0.126. The first-order valence-corrected chi connectivity index (χ1v) is 7.74. The summed E-state index contributed by atoms with van der Waals surface area (Å²) in [4.78, 5) is 11.5. The van der Waals surface area contributed by atoms with Crippen molar-refractivity contribution in [2.24, 2.45) is 11.3 Å². The largest absolute Gasteiger partial charge is 0.378 e. The third kappa shape index (κ3) is 3.29. The number of hydrogen-bond acceptors (Lipinski definition) is 3. The van der Waals surface area contributed by atoms with Crippen LogP contribution in [0, 0.1) is 11.3 Å². The number of carbonyl (C=O) groups excluding carboxylic acids is 1. The summed E-state index contributed by atoms with van der Waals surface area (Å²) in [5.41, 5.74) is 0.247. The summed E-state index contributed by atoms with van der Waals surface area (Å²) >= 11 is 0. The van der Waals surface area contributed by atoms with E-state index in [2.05, 4.69) is 31.4 Å². The maximum atomic E-state index is 11.5. The van der Waals surface area contributed by atoms with E-state index in [-0.39, 0.29) is 11.3 Å². The van der Waals surface area contributed by atoms with Gasteiger partial charge >= 0.3 is 0 Å². The Hall–Kier alpha value is -0.610. The average molecular weight is 268 g/mol. The van der Waals surface area contributed by atoms with Crippen molar-refractivity contribution in [1.82, 2.24) is 10.6 Å². The van der Waals surface area contributed by atoms with Gasteiger partial charge in [0.25, 0.3) is 0 Å². The minimum absolute atomic E-state index is 0.237. The van der Waals surface area contributed by atoms with Crippen LogP contribution in [0.15, 0.2) is 0 Å². The minimum atomic E-state index is 0.237. The summed E-state index contributed by atoms with van der Waals surface area (Å²) in [5.74, 6) is 0.549. The second-order valence-corrected chi connectivity index (χ2v) is 6.11. The highest BCUT2D eigenvalue weighted by Crippen LogP contribution is 2.45. The first-order chi connectivity index (χ1) is 9.11. The van der Waals surface area contributed by atoms with Gasteiger partial charge in [0.2, 0.25) is 5.91 Å².